The molecule has 7 heteroatoms. The van der Waals surface area contributed by atoms with Crippen LogP contribution in [0.2, 0.25) is 0 Å². The number of aromatic nitrogens is 3. The van der Waals surface area contributed by atoms with Gasteiger partial charge in [0, 0.05) is 12.4 Å². The van der Waals surface area contributed by atoms with E-state index in [9.17, 15) is 0 Å². The zero-order valence-corrected chi connectivity index (χ0v) is 14.3. The second-order valence-electron chi connectivity index (χ2n) is 5.72. The van der Waals surface area contributed by atoms with Crippen LogP contribution >= 0.6 is 0 Å². The van der Waals surface area contributed by atoms with Crippen molar-refractivity contribution in [1.29, 1.82) is 0 Å². The molecule has 26 heavy (non-hydrogen) atoms. The van der Waals surface area contributed by atoms with Crippen molar-refractivity contribution in [3.05, 3.63) is 60.8 Å². The van der Waals surface area contributed by atoms with Gasteiger partial charge in [0.2, 0.25) is 0 Å². The van der Waals surface area contributed by atoms with Gasteiger partial charge in [0.15, 0.2) is 11.5 Å². The molecule has 0 aliphatic carbocycles. The minimum atomic E-state index is 0.504. The summed E-state index contributed by atoms with van der Waals surface area (Å²) in [6.07, 6.45) is 5.09. The fourth-order valence-corrected chi connectivity index (χ4v) is 2.85. The Bertz CT molecular complexity index is 1010. The van der Waals surface area contributed by atoms with Crippen molar-refractivity contribution in [3.63, 3.8) is 0 Å². The fraction of sp³-hybridized carbons (Fsp3) is 0.158. The second-order valence-corrected chi connectivity index (χ2v) is 5.72. The second kappa shape index (κ2) is 6.79. The largest absolute Gasteiger partial charge is 0.494 e. The van der Waals surface area contributed by atoms with Crippen LogP contribution < -0.4 is 15.8 Å². The number of nitrogens with one attached hydrogen (secondary N) is 1. The Kier molecular flexibility index (Phi) is 4.18. The van der Waals surface area contributed by atoms with Gasteiger partial charge in [-0.3, -0.25) is 0 Å². The van der Waals surface area contributed by atoms with Gasteiger partial charge in [-0.1, -0.05) is 12.1 Å². The number of furan rings is 1. The van der Waals surface area contributed by atoms with Gasteiger partial charge in [0.1, 0.15) is 11.5 Å². The van der Waals surface area contributed by atoms with Crippen molar-refractivity contribution < 1.29 is 9.15 Å². The molecule has 0 spiro atoms. The van der Waals surface area contributed by atoms with E-state index in [-0.39, 0.29) is 0 Å². The first-order valence-corrected chi connectivity index (χ1v) is 8.38. The first-order valence-electron chi connectivity index (χ1n) is 8.38. The lowest BCUT2D eigenvalue weighted by Crippen LogP contribution is -2.08. The number of nitrogen functional groups attached to an aromatic ring is 1. The maximum Gasteiger partial charge on any atom is 0.177 e. The first kappa shape index (κ1) is 16.0. The van der Waals surface area contributed by atoms with Crippen molar-refractivity contribution in [2.45, 2.75) is 13.5 Å². The van der Waals surface area contributed by atoms with Crippen molar-refractivity contribution >= 4 is 17.2 Å². The van der Waals surface area contributed by atoms with Crippen LogP contribution in [0.25, 0.3) is 16.8 Å². The first-order chi connectivity index (χ1) is 12.8. The number of imidazole rings is 1. The Morgan fingerprint density at radius 1 is 1.23 bits per heavy atom. The summed E-state index contributed by atoms with van der Waals surface area (Å²) in [5.74, 6) is 2.29. The average molecular weight is 349 g/mol. The summed E-state index contributed by atoms with van der Waals surface area (Å²) in [6, 6.07) is 11.5. The molecule has 0 aliphatic heterocycles. The molecular weight excluding hydrogens is 330 g/mol. The number of hydrogen-bond acceptors (Lipinski definition) is 6. The van der Waals surface area contributed by atoms with Crippen molar-refractivity contribution in [2.75, 3.05) is 17.7 Å². The highest BCUT2D eigenvalue weighted by atomic mass is 16.5. The zero-order chi connectivity index (χ0) is 17.9. The summed E-state index contributed by atoms with van der Waals surface area (Å²) >= 11 is 0. The monoisotopic (exact) mass is 349 g/mol. The van der Waals surface area contributed by atoms with Crippen molar-refractivity contribution in [1.82, 2.24) is 14.6 Å². The molecule has 0 bridgehead atoms. The minimum Gasteiger partial charge on any atom is -0.494 e. The number of benzene rings is 1. The van der Waals surface area contributed by atoms with E-state index < -0.39 is 0 Å². The summed E-state index contributed by atoms with van der Waals surface area (Å²) in [7, 11) is 0. The van der Waals surface area contributed by atoms with E-state index in [4.69, 9.17) is 14.9 Å². The van der Waals surface area contributed by atoms with E-state index >= 15 is 0 Å². The smallest absolute Gasteiger partial charge is 0.177 e. The normalized spacial score (nSPS) is 11.0. The SMILES string of the molecule is CCOc1ccc(-c2c(NCc3ccco3)nn3ccnc3c2N)cc1. The lowest BCUT2D eigenvalue weighted by molar-refractivity contribution is 0.340. The number of fused-ring (bicyclic) bond motifs is 1. The lowest BCUT2D eigenvalue weighted by atomic mass is 10.0. The molecule has 0 unspecified atom stereocenters. The Hall–Kier alpha value is -3.48. The Morgan fingerprint density at radius 2 is 2.08 bits per heavy atom. The number of nitrogens with zero attached hydrogens (tertiary/aromatic N) is 3. The zero-order valence-electron chi connectivity index (χ0n) is 14.3. The molecule has 4 aromatic rings. The number of ether oxygens (including phenoxy) is 1. The fourth-order valence-electron chi connectivity index (χ4n) is 2.85. The van der Waals surface area contributed by atoms with Gasteiger partial charge in [0.05, 0.1) is 30.7 Å². The molecule has 0 saturated heterocycles. The van der Waals surface area contributed by atoms with Crippen molar-refractivity contribution in [3.8, 4) is 16.9 Å². The van der Waals surface area contributed by atoms with Gasteiger partial charge in [-0.15, -0.1) is 5.10 Å². The van der Waals surface area contributed by atoms with E-state index in [1.807, 2.05) is 43.3 Å². The molecule has 3 N–H and O–H groups in total. The predicted octanol–water partition coefficient (Wildman–Crippen LogP) is 3.58. The molecule has 3 heterocycles. The molecule has 0 atom stereocenters. The van der Waals surface area contributed by atoms with E-state index in [2.05, 4.69) is 15.4 Å². The maximum absolute atomic E-state index is 6.42. The summed E-state index contributed by atoms with van der Waals surface area (Å²) in [5, 5.41) is 7.93. The Labute approximate surface area is 150 Å². The van der Waals surface area contributed by atoms with Crippen LogP contribution in [0.15, 0.2) is 59.5 Å². The van der Waals surface area contributed by atoms with Gasteiger partial charge in [0.25, 0.3) is 0 Å². The van der Waals surface area contributed by atoms with E-state index in [1.54, 1.807) is 23.2 Å². The highest BCUT2D eigenvalue weighted by Gasteiger charge is 2.16. The van der Waals surface area contributed by atoms with Crippen molar-refractivity contribution in [2.24, 2.45) is 0 Å². The van der Waals surface area contributed by atoms with Gasteiger partial charge >= 0.3 is 0 Å². The third-order valence-electron chi connectivity index (χ3n) is 4.04. The van der Waals surface area contributed by atoms with Gasteiger partial charge in [-0.25, -0.2) is 9.50 Å². The number of nitrogens with two attached hydrogens (primary N) is 1. The van der Waals surface area contributed by atoms with E-state index in [1.165, 1.54) is 0 Å². The summed E-state index contributed by atoms with van der Waals surface area (Å²) < 4.78 is 12.6. The Morgan fingerprint density at radius 3 is 2.81 bits per heavy atom. The van der Waals surface area contributed by atoms with Crippen LogP contribution in [0, 0.1) is 0 Å². The minimum absolute atomic E-state index is 0.504. The summed E-state index contributed by atoms with van der Waals surface area (Å²) in [4.78, 5) is 4.31. The Balaban J connectivity index is 1.77. The lowest BCUT2D eigenvalue weighted by Gasteiger charge is -2.14. The van der Waals surface area contributed by atoms with Crippen LogP contribution in [-0.4, -0.2) is 21.2 Å². The molecule has 0 fully saturated rings. The van der Waals surface area contributed by atoms with Crippen LogP contribution in [-0.2, 0) is 6.54 Å². The van der Waals surface area contributed by atoms with E-state index in [0.29, 0.717) is 30.3 Å². The number of rotatable bonds is 6. The highest BCUT2D eigenvalue weighted by Crippen LogP contribution is 2.35. The van der Waals surface area contributed by atoms with Crippen LogP contribution in [0.4, 0.5) is 11.5 Å². The molecular formula is C19H19N5O2. The molecule has 7 nitrogen and oxygen atoms in total. The molecule has 0 radical (unpaired) electrons. The van der Waals surface area contributed by atoms with Gasteiger partial charge in [-0.2, -0.15) is 0 Å². The predicted molar refractivity (Wildman–Crippen MR) is 100 cm³/mol. The number of hydrogen-bond donors (Lipinski definition) is 2. The third kappa shape index (κ3) is 2.95. The van der Waals surface area contributed by atoms with E-state index in [0.717, 1.165) is 22.6 Å². The molecule has 4 rings (SSSR count). The summed E-state index contributed by atoms with van der Waals surface area (Å²) in [5.41, 5.74) is 9.35. The average Bonchev–Trinajstić information content (AvgIpc) is 3.33. The summed E-state index contributed by atoms with van der Waals surface area (Å²) in [6.45, 7) is 3.08. The maximum atomic E-state index is 6.42. The van der Waals surface area contributed by atoms with Gasteiger partial charge < -0.3 is 20.2 Å². The third-order valence-corrected chi connectivity index (χ3v) is 4.04. The van der Waals surface area contributed by atoms with Crippen LogP contribution in [0.5, 0.6) is 5.75 Å². The topological polar surface area (TPSA) is 90.6 Å². The standard InChI is InChI=1S/C19H19N5O2/c1-2-25-14-7-5-13(6-8-14)16-17(20)19-21-9-10-24(19)23-18(16)22-12-15-4-3-11-26-15/h3-11H,2,12,20H2,1H3,(H,22,23). The highest BCUT2D eigenvalue weighted by molar-refractivity contribution is 5.91. The molecule has 0 aliphatic rings. The quantitative estimate of drug-likeness (QED) is 0.553. The molecule has 1 aromatic carbocycles. The molecule has 132 valence electrons. The number of anilines is 2. The molecule has 0 amide bonds. The van der Waals surface area contributed by atoms with Gasteiger partial charge in [-0.05, 0) is 36.8 Å². The molecule has 0 saturated carbocycles. The van der Waals surface area contributed by atoms with Crippen LogP contribution in [0.1, 0.15) is 12.7 Å². The van der Waals surface area contributed by atoms with Crippen LogP contribution in [0.3, 0.4) is 0 Å². The molecule has 3 aromatic heterocycles.